The van der Waals surface area contributed by atoms with Gasteiger partial charge < -0.3 is 15.8 Å². The lowest BCUT2D eigenvalue weighted by Gasteiger charge is -2.35. The maximum Gasteiger partial charge on any atom is 0.307 e. The molecule has 1 saturated carbocycles. The molecule has 3 N–H and O–H groups in total. The predicted octanol–water partition coefficient (Wildman–Crippen LogP) is 1.74. The van der Waals surface area contributed by atoms with Crippen LogP contribution in [0.4, 0.5) is 0 Å². The molecule has 20 heavy (non-hydrogen) atoms. The Kier molecular flexibility index (Phi) is 6.46. The molecule has 5 nitrogen and oxygen atoms in total. The zero-order valence-corrected chi connectivity index (χ0v) is 12.9. The van der Waals surface area contributed by atoms with Gasteiger partial charge in [-0.15, -0.1) is 0 Å². The normalized spacial score (nSPS) is 23.2. The summed E-state index contributed by atoms with van der Waals surface area (Å²) in [5, 5.41) is 3.09. The van der Waals surface area contributed by atoms with E-state index in [-0.39, 0.29) is 30.3 Å². The first-order valence-electron chi connectivity index (χ1n) is 7.60. The second-order valence-corrected chi connectivity index (χ2v) is 5.85. The minimum Gasteiger partial charge on any atom is -0.469 e. The molecule has 0 aliphatic heterocycles. The first-order chi connectivity index (χ1) is 9.46. The van der Waals surface area contributed by atoms with E-state index in [1.165, 1.54) is 7.11 Å². The molecule has 0 radical (unpaired) electrons. The van der Waals surface area contributed by atoms with Gasteiger partial charge in [0.05, 0.1) is 13.5 Å². The maximum atomic E-state index is 12.4. The summed E-state index contributed by atoms with van der Waals surface area (Å²) >= 11 is 0. The van der Waals surface area contributed by atoms with Crippen molar-refractivity contribution in [3.05, 3.63) is 0 Å². The smallest absolute Gasteiger partial charge is 0.307 e. The Labute approximate surface area is 121 Å². The number of esters is 1. The number of amides is 1. The van der Waals surface area contributed by atoms with Gasteiger partial charge in [-0.25, -0.2) is 0 Å². The SMILES string of the molecule is CCC(CC)(CC(=O)OC)NC(=O)C1CCCC(N)C1. The number of hydrogen-bond donors (Lipinski definition) is 2. The van der Waals surface area contributed by atoms with Crippen molar-refractivity contribution < 1.29 is 14.3 Å². The van der Waals surface area contributed by atoms with Crippen LogP contribution in [0.5, 0.6) is 0 Å². The molecule has 1 amide bonds. The molecule has 2 unspecified atom stereocenters. The Balaban J connectivity index is 2.68. The first kappa shape index (κ1) is 17.0. The van der Waals surface area contributed by atoms with Crippen LogP contribution < -0.4 is 11.1 Å². The molecule has 0 aromatic rings. The van der Waals surface area contributed by atoms with Crippen molar-refractivity contribution in [2.45, 2.75) is 70.4 Å². The first-order valence-corrected chi connectivity index (χ1v) is 7.60. The number of hydrogen-bond acceptors (Lipinski definition) is 4. The Morgan fingerprint density at radius 1 is 1.30 bits per heavy atom. The summed E-state index contributed by atoms with van der Waals surface area (Å²) in [4.78, 5) is 24.0. The molecule has 0 aromatic carbocycles. The summed E-state index contributed by atoms with van der Waals surface area (Å²) in [6.45, 7) is 3.97. The Hall–Kier alpha value is -1.10. The van der Waals surface area contributed by atoms with Crippen molar-refractivity contribution in [1.82, 2.24) is 5.32 Å². The highest BCUT2D eigenvalue weighted by molar-refractivity contribution is 5.81. The second kappa shape index (κ2) is 7.62. The third kappa shape index (κ3) is 4.47. The molecule has 2 atom stereocenters. The lowest BCUT2D eigenvalue weighted by Crippen LogP contribution is -2.52. The van der Waals surface area contributed by atoms with E-state index in [1.54, 1.807) is 0 Å². The molecule has 0 aromatic heterocycles. The lowest BCUT2D eigenvalue weighted by molar-refractivity contribution is -0.143. The topological polar surface area (TPSA) is 81.4 Å². The molecule has 0 spiro atoms. The highest BCUT2D eigenvalue weighted by atomic mass is 16.5. The van der Waals surface area contributed by atoms with Gasteiger partial charge in [-0.05, 0) is 32.1 Å². The minimum absolute atomic E-state index is 0.0196. The number of carbonyl (C=O) groups is 2. The molecule has 0 saturated heterocycles. The third-order valence-corrected chi connectivity index (χ3v) is 4.54. The molecule has 0 bridgehead atoms. The summed E-state index contributed by atoms with van der Waals surface area (Å²) < 4.78 is 4.74. The number of ether oxygens (including phenoxy) is 1. The Morgan fingerprint density at radius 3 is 2.45 bits per heavy atom. The van der Waals surface area contributed by atoms with E-state index >= 15 is 0 Å². The van der Waals surface area contributed by atoms with Gasteiger partial charge in [0.25, 0.3) is 0 Å². The molecule has 1 rings (SSSR count). The molecule has 1 aliphatic carbocycles. The molecule has 0 heterocycles. The molecule has 5 heteroatoms. The Morgan fingerprint density at radius 2 is 1.95 bits per heavy atom. The van der Waals surface area contributed by atoms with Gasteiger partial charge in [-0.2, -0.15) is 0 Å². The van der Waals surface area contributed by atoms with Crippen molar-refractivity contribution in [3.63, 3.8) is 0 Å². The van der Waals surface area contributed by atoms with E-state index in [0.29, 0.717) is 12.8 Å². The summed E-state index contributed by atoms with van der Waals surface area (Å²) in [6, 6.07) is 0.123. The van der Waals surface area contributed by atoms with Crippen molar-refractivity contribution in [2.75, 3.05) is 7.11 Å². The number of carbonyl (C=O) groups excluding carboxylic acids is 2. The molecule has 116 valence electrons. The van der Waals surface area contributed by atoms with Gasteiger partial charge in [0.15, 0.2) is 0 Å². The number of rotatable bonds is 6. The van der Waals surface area contributed by atoms with Gasteiger partial charge >= 0.3 is 5.97 Å². The van der Waals surface area contributed by atoms with Crippen LogP contribution in [-0.4, -0.2) is 30.6 Å². The Bertz CT molecular complexity index is 340. The fourth-order valence-electron chi connectivity index (χ4n) is 2.90. The van der Waals surface area contributed by atoms with Gasteiger partial charge in [0.2, 0.25) is 5.91 Å². The summed E-state index contributed by atoms with van der Waals surface area (Å²) in [5.74, 6) is -0.268. The van der Waals surface area contributed by atoms with Crippen LogP contribution in [0.2, 0.25) is 0 Å². The standard InChI is InChI=1S/C15H28N2O3/c1-4-15(5-2,10-13(18)20-3)17-14(19)11-7-6-8-12(16)9-11/h11-12H,4-10,16H2,1-3H3,(H,17,19). The van der Waals surface area contributed by atoms with E-state index in [9.17, 15) is 9.59 Å². The van der Waals surface area contributed by atoms with E-state index in [1.807, 2.05) is 13.8 Å². The van der Waals surface area contributed by atoms with Crippen LogP contribution in [-0.2, 0) is 14.3 Å². The van der Waals surface area contributed by atoms with Crippen LogP contribution in [0.3, 0.4) is 0 Å². The largest absolute Gasteiger partial charge is 0.469 e. The zero-order valence-electron chi connectivity index (χ0n) is 12.9. The lowest BCUT2D eigenvalue weighted by atomic mass is 9.83. The average molecular weight is 284 g/mol. The van der Waals surface area contributed by atoms with Gasteiger partial charge in [0.1, 0.15) is 0 Å². The van der Waals surface area contributed by atoms with E-state index in [2.05, 4.69) is 5.32 Å². The average Bonchev–Trinajstić information content (AvgIpc) is 2.46. The van der Waals surface area contributed by atoms with E-state index < -0.39 is 5.54 Å². The van der Waals surface area contributed by atoms with Crippen LogP contribution in [0, 0.1) is 5.92 Å². The highest BCUT2D eigenvalue weighted by Gasteiger charge is 2.34. The molecule has 1 aliphatic rings. The van der Waals surface area contributed by atoms with Crippen molar-refractivity contribution in [2.24, 2.45) is 11.7 Å². The zero-order chi connectivity index (χ0) is 15.2. The fraction of sp³-hybridized carbons (Fsp3) is 0.867. The summed E-state index contributed by atoms with van der Waals surface area (Å²) in [5.41, 5.74) is 5.45. The van der Waals surface area contributed by atoms with Crippen molar-refractivity contribution in [3.8, 4) is 0 Å². The minimum atomic E-state index is -0.494. The van der Waals surface area contributed by atoms with Crippen LogP contribution in [0.15, 0.2) is 0 Å². The van der Waals surface area contributed by atoms with Crippen molar-refractivity contribution in [1.29, 1.82) is 0 Å². The molecular weight excluding hydrogens is 256 g/mol. The van der Waals surface area contributed by atoms with Gasteiger partial charge in [-0.1, -0.05) is 20.3 Å². The fourth-order valence-corrected chi connectivity index (χ4v) is 2.90. The number of methoxy groups -OCH3 is 1. The molecule has 1 fully saturated rings. The quantitative estimate of drug-likeness (QED) is 0.728. The summed E-state index contributed by atoms with van der Waals surface area (Å²) in [6.07, 6.45) is 5.28. The van der Waals surface area contributed by atoms with Crippen LogP contribution in [0.25, 0.3) is 0 Å². The molecular formula is C15H28N2O3. The third-order valence-electron chi connectivity index (χ3n) is 4.54. The highest BCUT2D eigenvalue weighted by Crippen LogP contribution is 2.26. The van der Waals surface area contributed by atoms with Gasteiger partial charge in [-0.3, -0.25) is 9.59 Å². The van der Waals surface area contributed by atoms with Crippen molar-refractivity contribution >= 4 is 11.9 Å². The summed E-state index contributed by atoms with van der Waals surface area (Å²) in [7, 11) is 1.38. The van der Waals surface area contributed by atoms with E-state index in [0.717, 1.165) is 25.7 Å². The van der Waals surface area contributed by atoms with Crippen LogP contribution in [0.1, 0.15) is 58.8 Å². The monoisotopic (exact) mass is 284 g/mol. The van der Waals surface area contributed by atoms with Crippen LogP contribution >= 0.6 is 0 Å². The second-order valence-electron chi connectivity index (χ2n) is 5.85. The predicted molar refractivity (Wildman–Crippen MR) is 78.0 cm³/mol. The van der Waals surface area contributed by atoms with E-state index in [4.69, 9.17) is 10.5 Å². The number of nitrogens with two attached hydrogens (primary N) is 1. The maximum absolute atomic E-state index is 12.4. The number of nitrogens with one attached hydrogen (secondary N) is 1. The van der Waals surface area contributed by atoms with Gasteiger partial charge in [0, 0.05) is 17.5 Å².